The minimum absolute atomic E-state index is 0.177. The number of nitrogens with zero attached hydrogens (tertiary/aromatic N) is 3. The fraction of sp³-hybridized carbons (Fsp3) is 0.333. The van der Waals surface area contributed by atoms with Crippen molar-refractivity contribution in [2.75, 3.05) is 13.2 Å². The van der Waals surface area contributed by atoms with E-state index in [0.717, 1.165) is 27.8 Å². The first-order valence-corrected chi connectivity index (χ1v) is 11.9. The molecule has 35 heavy (non-hydrogen) atoms. The lowest BCUT2D eigenvalue weighted by Gasteiger charge is -2.28. The van der Waals surface area contributed by atoms with E-state index in [-0.39, 0.29) is 12.2 Å². The fourth-order valence-corrected chi connectivity index (χ4v) is 4.77. The number of aliphatic hydroxyl groups excluding tert-OH is 1. The van der Waals surface area contributed by atoms with Gasteiger partial charge in [0, 0.05) is 43.5 Å². The number of carbonyl (C=O) groups excluding carboxylic acids is 1. The number of benzene rings is 2. The van der Waals surface area contributed by atoms with E-state index in [1.165, 1.54) is 6.07 Å². The number of hydrogen-bond acceptors (Lipinski definition) is 4. The summed E-state index contributed by atoms with van der Waals surface area (Å²) >= 11 is 0. The summed E-state index contributed by atoms with van der Waals surface area (Å²) in [4.78, 5) is 13.2. The van der Waals surface area contributed by atoms with Gasteiger partial charge in [-0.15, -0.1) is 0 Å². The van der Waals surface area contributed by atoms with E-state index in [1.54, 1.807) is 16.9 Å². The molecule has 0 spiro atoms. The molecule has 2 aromatic carbocycles. The van der Waals surface area contributed by atoms with Crippen LogP contribution in [-0.2, 0) is 24.8 Å². The summed E-state index contributed by atoms with van der Waals surface area (Å²) in [5.74, 6) is -0.820. The number of aliphatic hydroxyl groups is 1. The van der Waals surface area contributed by atoms with Gasteiger partial charge < -0.3 is 19.7 Å². The molecule has 3 heterocycles. The Bertz CT molecular complexity index is 1360. The summed E-state index contributed by atoms with van der Waals surface area (Å²) < 4.78 is 24.1. The van der Waals surface area contributed by atoms with Crippen molar-refractivity contribution in [2.45, 2.75) is 38.5 Å². The van der Waals surface area contributed by atoms with Crippen LogP contribution < -0.4 is 5.32 Å². The topological polar surface area (TPSA) is 81.3 Å². The second-order valence-corrected chi connectivity index (χ2v) is 9.06. The first-order chi connectivity index (χ1) is 16.9. The largest absolute Gasteiger partial charge is 0.389 e. The van der Waals surface area contributed by atoms with E-state index >= 15 is 4.39 Å². The van der Waals surface area contributed by atoms with E-state index in [9.17, 15) is 9.90 Å². The lowest BCUT2D eigenvalue weighted by molar-refractivity contribution is -0.0260. The first kappa shape index (κ1) is 23.3. The summed E-state index contributed by atoms with van der Waals surface area (Å²) in [6.45, 7) is 3.15. The van der Waals surface area contributed by atoms with E-state index in [1.807, 2.05) is 55.2 Å². The van der Waals surface area contributed by atoms with Gasteiger partial charge in [0.05, 0.1) is 36.0 Å². The zero-order valence-electron chi connectivity index (χ0n) is 19.9. The third-order valence-corrected chi connectivity index (χ3v) is 6.67. The summed E-state index contributed by atoms with van der Waals surface area (Å²) in [5, 5.41) is 17.6. The molecule has 4 aromatic rings. The maximum absolute atomic E-state index is 15.1. The molecular weight excluding hydrogens is 447 g/mol. The van der Waals surface area contributed by atoms with Gasteiger partial charge >= 0.3 is 0 Å². The van der Waals surface area contributed by atoms with Crippen LogP contribution in [0.4, 0.5) is 4.39 Å². The molecule has 1 amide bonds. The number of carbonyl (C=O) groups is 1. The second kappa shape index (κ2) is 9.64. The molecule has 1 saturated heterocycles. The number of ether oxygens (including phenoxy) is 1. The number of fused-ring (bicyclic) bond motifs is 1. The normalized spacial score (nSPS) is 18.2. The monoisotopic (exact) mass is 476 g/mol. The molecule has 0 unspecified atom stereocenters. The van der Waals surface area contributed by atoms with E-state index in [4.69, 9.17) is 4.74 Å². The van der Waals surface area contributed by atoms with Crippen LogP contribution in [0.15, 0.2) is 55.0 Å². The van der Waals surface area contributed by atoms with Crippen LogP contribution >= 0.6 is 0 Å². The SMILES string of the molecule is CCc1ccc(F)c2c(C(=O)N[C@H]3CCOC[C@@H]3O)cn(Cc3ccc(-c4cnn(C)c4)cc3)c12. The maximum Gasteiger partial charge on any atom is 0.253 e. The van der Waals surface area contributed by atoms with E-state index in [2.05, 4.69) is 10.4 Å². The molecule has 8 heteroatoms. The fourth-order valence-electron chi connectivity index (χ4n) is 4.77. The van der Waals surface area contributed by atoms with Crippen LogP contribution in [0, 0.1) is 5.82 Å². The van der Waals surface area contributed by atoms with E-state index in [0.29, 0.717) is 31.4 Å². The van der Waals surface area contributed by atoms with Gasteiger partial charge in [0.1, 0.15) is 5.82 Å². The van der Waals surface area contributed by atoms with Crippen molar-refractivity contribution >= 4 is 16.8 Å². The minimum atomic E-state index is -0.782. The number of nitrogens with one attached hydrogen (secondary N) is 1. The van der Waals surface area contributed by atoms with E-state index < -0.39 is 23.9 Å². The molecule has 0 bridgehead atoms. The van der Waals surface area contributed by atoms with Crippen molar-refractivity contribution in [1.82, 2.24) is 19.7 Å². The first-order valence-electron chi connectivity index (χ1n) is 11.9. The summed E-state index contributed by atoms with van der Waals surface area (Å²) in [6.07, 6.45) is 5.95. The van der Waals surface area contributed by atoms with Gasteiger partial charge in [0.25, 0.3) is 5.91 Å². The summed E-state index contributed by atoms with van der Waals surface area (Å²) in [5.41, 5.74) is 5.11. The van der Waals surface area contributed by atoms with Gasteiger partial charge in [-0.2, -0.15) is 5.10 Å². The number of amides is 1. The van der Waals surface area contributed by atoms with Gasteiger partial charge in [-0.05, 0) is 35.6 Å². The predicted octanol–water partition coefficient (Wildman–Crippen LogP) is 3.67. The Balaban J connectivity index is 1.49. The van der Waals surface area contributed by atoms with Gasteiger partial charge in [-0.3, -0.25) is 9.48 Å². The van der Waals surface area contributed by atoms with Crippen molar-refractivity contribution in [3.8, 4) is 11.1 Å². The highest BCUT2D eigenvalue weighted by molar-refractivity contribution is 6.08. The molecule has 2 aromatic heterocycles. The molecule has 1 aliphatic heterocycles. The van der Waals surface area contributed by atoms with Crippen molar-refractivity contribution in [2.24, 2.45) is 7.05 Å². The molecule has 1 fully saturated rings. The zero-order valence-corrected chi connectivity index (χ0v) is 19.9. The highest BCUT2D eigenvalue weighted by Gasteiger charge is 2.28. The molecule has 2 atom stereocenters. The molecule has 2 N–H and O–H groups in total. The minimum Gasteiger partial charge on any atom is -0.389 e. The molecule has 0 radical (unpaired) electrons. The number of halogens is 1. The van der Waals surface area contributed by atoms with Crippen LogP contribution in [0.25, 0.3) is 22.0 Å². The molecule has 5 rings (SSSR count). The van der Waals surface area contributed by atoms with Crippen LogP contribution in [0.1, 0.15) is 34.8 Å². The molecule has 0 aliphatic carbocycles. The van der Waals surface area contributed by atoms with Crippen LogP contribution in [0.2, 0.25) is 0 Å². The van der Waals surface area contributed by atoms with Crippen molar-refractivity contribution in [3.63, 3.8) is 0 Å². The molecular formula is C27H29FN4O3. The van der Waals surface area contributed by atoms with Gasteiger partial charge in [0.2, 0.25) is 0 Å². The number of aryl methyl sites for hydroxylation is 2. The quantitative estimate of drug-likeness (QED) is 0.445. The van der Waals surface area contributed by atoms with Gasteiger partial charge in [0.15, 0.2) is 0 Å². The molecule has 0 saturated carbocycles. The van der Waals surface area contributed by atoms with Crippen LogP contribution in [0.5, 0.6) is 0 Å². The standard InChI is InChI=1S/C27H29FN4O3/c1-3-18-8-9-22(28)25-21(27(34)30-23-10-11-35-16-24(23)33)15-32(26(18)25)13-17-4-6-19(7-5-17)20-12-29-31(2)14-20/h4-9,12,14-15,23-24,33H,3,10-11,13,16H2,1-2H3,(H,30,34)/t23-,24-/m0/s1. The summed E-state index contributed by atoms with van der Waals surface area (Å²) in [6, 6.07) is 10.9. The van der Waals surface area contributed by atoms with Crippen LogP contribution in [0.3, 0.4) is 0 Å². The highest BCUT2D eigenvalue weighted by Crippen LogP contribution is 2.30. The van der Waals surface area contributed by atoms with Crippen molar-refractivity contribution in [3.05, 3.63) is 77.5 Å². The average Bonchev–Trinajstić information content (AvgIpc) is 3.46. The third-order valence-electron chi connectivity index (χ3n) is 6.67. The third kappa shape index (κ3) is 4.59. The van der Waals surface area contributed by atoms with Gasteiger partial charge in [-0.1, -0.05) is 37.3 Å². The lowest BCUT2D eigenvalue weighted by Crippen LogP contribution is -2.48. The maximum atomic E-state index is 15.1. The average molecular weight is 477 g/mol. The number of aromatic nitrogens is 3. The second-order valence-electron chi connectivity index (χ2n) is 9.06. The smallest absolute Gasteiger partial charge is 0.253 e. The Labute approximate surface area is 203 Å². The molecule has 1 aliphatic rings. The van der Waals surface area contributed by atoms with Gasteiger partial charge in [-0.25, -0.2) is 4.39 Å². The molecule has 182 valence electrons. The Morgan fingerprint density at radius 3 is 2.69 bits per heavy atom. The number of hydrogen-bond donors (Lipinski definition) is 2. The Kier molecular flexibility index (Phi) is 6.40. The van der Waals surface area contributed by atoms with Crippen LogP contribution in [-0.4, -0.2) is 50.7 Å². The Morgan fingerprint density at radius 1 is 1.20 bits per heavy atom. The Morgan fingerprint density at radius 2 is 2.00 bits per heavy atom. The predicted molar refractivity (Wildman–Crippen MR) is 132 cm³/mol. The zero-order chi connectivity index (χ0) is 24.5. The number of rotatable bonds is 6. The summed E-state index contributed by atoms with van der Waals surface area (Å²) in [7, 11) is 1.88. The van der Waals surface area contributed by atoms with Crippen molar-refractivity contribution in [1.29, 1.82) is 0 Å². The van der Waals surface area contributed by atoms with Crippen molar-refractivity contribution < 1.29 is 19.0 Å². The molecule has 7 nitrogen and oxygen atoms in total. The lowest BCUT2D eigenvalue weighted by atomic mass is 10.0. The Hall–Kier alpha value is -3.49. The highest BCUT2D eigenvalue weighted by atomic mass is 19.1.